The Hall–Kier alpha value is -1.36. The minimum atomic E-state index is 0.616. The number of nitrogens with zero attached hydrogens (tertiary/aromatic N) is 4. The van der Waals surface area contributed by atoms with Crippen LogP contribution in [0.4, 0.5) is 11.6 Å². The predicted octanol–water partition coefficient (Wildman–Crippen LogP) is 2.14. The molecule has 0 aromatic carbocycles. The van der Waals surface area contributed by atoms with Crippen LogP contribution in [-0.4, -0.2) is 54.1 Å². The molecule has 1 fully saturated rings. The van der Waals surface area contributed by atoms with Crippen molar-refractivity contribution in [2.45, 2.75) is 39.7 Å². The summed E-state index contributed by atoms with van der Waals surface area (Å²) in [5, 5.41) is 3.39. The Morgan fingerprint density at radius 2 is 2.10 bits per heavy atom. The lowest BCUT2D eigenvalue weighted by atomic mass is 10.1. The Kier molecular flexibility index (Phi) is 5.17. The molecule has 112 valence electrons. The maximum Gasteiger partial charge on any atom is 0.137 e. The van der Waals surface area contributed by atoms with Crippen molar-refractivity contribution in [1.82, 2.24) is 14.9 Å². The van der Waals surface area contributed by atoms with Crippen LogP contribution in [0.15, 0.2) is 6.33 Å². The minimum Gasteiger partial charge on any atom is -0.370 e. The van der Waals surface area contributed by atoms with Crippen LogP contribution < -0.4 is 10.2 Å². The van der Waals surface area contributed by atoms with Crippen molar-refractivity contribution in [1.29, 1.82) is 0 Å². The third-order valence-electron chi connectivity index (χ3n) is 4.15. The van der Waals surface area contributed by atoms with Crippen LogP contribution in [0.3, 0.4) is 0 Å². The van der Waals surface area contributed by atoms with Crippen LogP contribution in [-0.2, 0) is 0 Å². The van der Waals surface area contributed by atoms with E-state index in [1.54, 1.807) is 6.33 Å². The molecule has 1 saturated heterocycles. The first-order valence-corrected chi connectivity index (χ1v) is 7.68. The maximum absolute atomic E-state index is 4.52. The second-order valence-electron chi connectivity index (χ2n) is 5.59. The Labute approximate surface area is 122 Å². The van der Waals surface area contributed by atoms with Gasteiger partial charge >= 0.3 is 0 Å². The summed E-state index contributed by atoms with van der Waals surface area (Å²) < 4.78 is 0. The van der Waals surface area contributed by atoms with Gasteiger partial charge in [-0.2, -0.15) is 0 Å². The molecule has 0 aliphatic carbocycles. The van der Waals surface area contributed by atoms with Gasteiger partial charge in [-0.25, -0.2) is 9.97 Å². The highest BCUT2D eigenvalue weighted by molar-refractivity contribution is 5.58. The normalized spacial score (nSPS) is 20.2. The number of rotatable bonds is 5. The van der Waals surface area contributed by atoms with Crippen LogP contribution in [0.1, 0.15) is 32.3 Å². The zero-order valence-corrected chi connectivity index (χ0v) is 13.2. The molecule has 0 bridgehead atoms. The molecule has 0 amide bonds. The van der Waals surface area contributed by atoms with Crippen molar-refractivity contribution in [3.8, 4) is 0 Å². The van der Waals surface area contributed by atoms with Crippen LogP contribution in [0.2, 0.25) is 0 Å². The summed E-state index contributed by atoms with van der Waals surface area (Å²) in [6.07, 6.45) is 3.96. The van der Waals surface area contributed by atoms with Crippen molar-refractivity contribution in [3.05, 3.63) is 11.9 Å². The molecule has 2 heterocycles. The fourth-order valence-corrected chi connectivity index (χ4v) is 2.76. The molecule has 5 heteroatoms. The first-order valence-electron chi connectivity index (χ1n) is 7.68. The van der Waals surface area contributed by atoms with Crippen LogP contribution in [0.25, 0.3) is 0 Å². The lowest BCUT2D eigenvalue weighted by molar-refractivity contribution is 0.213. The molecule has 2 rings (SSSR count). The highest BCUT2D eigenvalue weighted by Gasteiger charge is 2.25. The monoisotopic (exact) mass is 277 g/mol. The predicted molar refractivity (Wildman–Crippen MR) is 84.5 cm³/mol. The van der Waals surface area contributed by atoms with Gasteiger partial charge < -0.3 is 10.2 Å². The summed E-state index contributed by atoms with van der Waals surface area (Å²) in [6.45, 7) is 10.7. The fourth-order valence-electron chi connectivity index (χ4n) is 2.76. The van der Waals surface area contributed by atoms with Crippen LogP contribution >= 0.6 is 0 Å². The van der Waals surface area contributed by atoms with Gasteiger partial charge in [-0.05, 0) is 26.8 Å². The molecule has 20 heavy (non-hydrogen) atoms. The summed E-state index contributed by atoms with van der Waals surface area (Å²) in [5.41, 5.74) is 1.17. The SMILES string of the molecule is CCCNc1ncnc(N2CCN(C)C(CC)C2)c1C. The van der Waals surface area contributed by atoms with Crippen molar-refractivity contribution in [3.63, 3.8) is 0 Å². The molecule has 1 aromatic rings. The Bertz CT molecular complexity index is 434. The van der Waals surface area contributed by atoms with Crippen molar-refractivity contribution in [2.75, 3.05) is 43.4 Å². The van der Waals surface area contributed by atoms with Gasteiger partial charge in [0.15, 0.2) is 0 Å². The summed E-state index contributed by atoms with van der Waals surface area (Å²) in [7, 11) is 2.21. The Morgan fingerprint density at radius 3 is 2.80 bits per heavy atom. The molecule has 1 unspecified atom stereocenters. The van der Waals surface area contributed by atoms with E-state index in [1.165, 1.54) is 12.0 Å². The third-order valence-corrected chi connectivity index (χ3v) is 4.15. The molecule has 0 spiro atoms. The average molecular weight is 277 g/mol. The van der Waals surface area contributed by atoms with E-state index in [0.29, 0.717) is 6.04 Å². The van der Waals surface area contributed by atoms with Crippen LogP contribution in [0.5, 0.6) is 0 Å². The number of likely N-dealkylation sites (N-methyl/N-ethyl adjacent to an activating group) is 1. The van der Waals surface area contributed by atoms with Gasteiger partial charge in [0.05, 0.1) is 0 Å². The van der Waals surface area contributed by atoms with Gasteiger partial charge in [0.2, 0.25) is 0 Å². The first-order chi connectivity index (χ1) is 9.67. The second kappa shape index (κ2) is 6.88. The van der Waals surface area contributed by atoms with Crippen molar-refractivity contribution >= 4 is 11.6 Å². The number of anilines is 2. The smallest absolute Gasteiger partial charge is 0.137 e. The lowest BCUT2D eigenvalue weighted by Gasteiger charge is -2.40. The molecule has 1 aliphatic rings. The fraction of sp³-hybridized carbons (Fsp3) is 0.733. The van der Waals surface area contributed by atoms with Gasteiger partial charge in [-0.15, -0.1) is 0 Å². The number of hydrogen-bond donors (Lipinski definition) is 1. The molecular weight excluding hydrogens is 250 g/mol. The number of nitrogens with one attached hydrogen (secondary N) is 1. The average Bonchev–Trinajstić information content (AvgIpc) is 2.47. The minimum absolute atomic E-state index is 0.616. The summed E-state index contributed by atoms with van der Waals surface area (Å²) >= 11 is 0. The molecule has 1 aromatic heterocycles. The van der Waals surface area contributed by atoms with Gasteiger partial charge in [0.1, 0.15) is 18.0 Å². The maximum atomic E-state index is 4.52. The van der Waals surface area contributed by atoms with Crippen molar-refractivity contribution < 1.29 is 0 Å². The highest BCUT2D eigenvalue weighted by atomic mass is 15.3. The van der Waals surface area contributed by atoms with Crippen molar-refractivity contribution in [2.24, 2.45) is 0 Å². The molecular formula is C15H27N5. The van der Waals surface area contributed by atoms with E-state index >= 15 is 0 Å². The van der Waals surface area contributed by atoms with E-state index in [-0.39, 0.29) is 0 Å². The second-order valence-corrected chi connectivity index (χ2v) is 5.59. The molecule has 1 atom stereocenters. The van der Waals surface area contributed by atoms with E-state index < -0.39 is 0 Å². The van der Waals surface area contributed by atoms with E-state index in [9.17, 15) is 0 Å². The Balaban J connectivity index is 2.16. The van der Waals surface area contributed by atoms with E-state index in [1.807, 2.05) is 0 Å². The standard InChI is InChI=1S/C15H27N5/c1-5-7-16-14-12(3)15(18-11-17-14)20-9-8-19(4)13(6-2)10-20/h11,13H,5-10H2,1-4H3,(H,16,17,18). The summed E-state index contributed by atoms with van der Waals surface area (Å²) in [6, 6.07) is 0.616. The molecule has 5 nitrogen and oxygen atoms in total. The molecule has 0 radical (unpaired) electrons. The van der Waals surface area contributed by atoms with Gasteiger partial charge in [0.25, 0.3) is 0 Å². The van der Waals surface area contributed by atoms with E-state index in [4.69, 9.17) is 0 Å². The quantitative estimate of drug-likeness (QED) is 0.893. The molecule has 0 saturated carbocycles. The van der Waals surface area contributed by atoms with E-state index in [0.717, 1.165) is 44.2 Å². The number of piperazine rings is 1. The third kappa shape index (κ3) is 3.20. The van der Waals surface area contributed by atoms with E-state index in [2.05, 4.69) is 52.9 Å². The molecule has 1 N–H and O–H groups in total. The largest absolute Gasteiger partial charge is 0.370 e. The zero-order chi connectivity index (χ0) is 14.5. The zero-order valence-electron chi connectivity index (χ0n) is 13.2. The van der Waals surface area contributed by atoms with Gasteiger partial charge in [-0.3, -0.25) is 4.90 Å². The number of hydrogen-bond acceptors (Lipinski definition) is 5. The highest BCUT2D eigenvalue weighted by Crippen LogP contribution is 2.24. The lowest BCUT2D eigenvalue weighted by Crippen LogP contribution is -2.51. The topological polar surface area (TPSA) is 44.3 Å². The first kappa shape index (κ1) is 15.0. The van der Waals surface area contributed by atoms with Crippen LogP contribution in [0, 0.1) is 6.92 Å². The molecule has 1 aliphatic heterocycles. The van der Waals surface area contributed by atoms with Gasteiger partial charge in [0, 0.05) is 37.8 Å². The van der Waals surface area contributed by atoms with Gasteiger partial charge in [-0.1, -0.05) is 13.8 Å². The number of aromatic nitrogens is 2. The Morgan fingerprint density at radius 1 is 1.30 bits per heavy atom. The summed E-state index contributed by atoms with van der Waals surface area (Å²) in [4.78, 5) is 13.7. The summed E-state index contributed by atoms with van der Waals surface area (Å²) in [5.74, 6) is 2.06.